The summed E-state index contributed by atoms with van der Waals surface area (Å²) in [5, 5.41) is 3.01. The lowest BCUT2D eigenvalue weighted by atomic mass is 9.83. The lowest BCUT2D eigenvalue weighted by Gasteiger charge is -2.26. The number of anilines is 1. The van der Waals surface area contributed by atoms with Gasteiger partial charge in [0.2, 0.25) is 0 Å². The largest absolute Gasteiger partial charge is 0.389 e. The topological polar surface area (TPSA) is 38.0 Å². The lowest BCUT2D eigenvalue weighted by Crippen LogP contribution is -2.21. The van der Waals surface area contributed by atoms with Crippen molar-refractivity contribution in [2.75, 3.05) is 11.9 Å². The van der Waals surface area contributed by atoms with Gasteiger partial charge in [-0.15, -0.1) is 0 Å². The van der Waals surface area contributed by atoms with Crippen LogP contribution < -0.4 is 11.1 Å². The molecule has 0 spiro atoms. The Bertz CT molecular complexity index is 497. The monoisotopic (exact) mass is 298 g/mol. The second-order valence-corrected chi connectivity index (χ2v) is 6.10. The Hall–Kier alpha value is -1.23. The number of nitrogens with two attached hydrogens (primary N) is 1. The average Bonchev–Trinajstić information content (AvgIpc) is 2.42. The van der Waals surface area contributed by atoms with E-state index in [9.17, 15) is 8.78 Å². The maximum absolute atomic E-state index is 13.9. The zero-order chi connectivity index (χ0) is 14.7. The normalized spacial score (nSPS) is 22.6. The van der Waals surface area contributed by atoms with Gasteiger partial charge < -0.3 is 11.1 Å². The fraction of sp³-hybridized carbons (Fsp3) is 0.533. The van der Waals surface area contributed by atoms with E-state index in [1.807, 2.05) is 0 Å². The zero-order valence-electron chi connectivity index (χ0n) is 11.6. The molecule has 5 heteroatoms. The summed E-state index contributed by atoms with van der Waals surface area (Å²) in [6.45, 7) is 2.93. The first-order valence-electron chi connectivity index (χ1n) is 7.00. The summed E-state index contributed by atoms with van der Waals surface area (Å²) in [6.07, 6.45) is 4.71. The summed E-state index contributed by atoms with van der Waals surface area (Å²) in [7, 11) is 0. The number of hydrogen-bond acceptors (Lipinski definition) is 2. The molecule has 0 bridgehead atoms. The molecule has 2 nitrogen and oxygen atoms in total. The Morgan fingerprint density at radius 3 is 2.50 bits per heavy atom. The molecule has 1 aromatic carbocycles. The lowest BCUT2D eigenvalue weighted by molar-refractivity contribution is 0.300. The van der Waals surface area contributed by atoms with Crippen LogP contribution >= 0.6 is 12.2 Å². The van der Waals surface area contributed by atoms with Crippen LogP contribution in [-0.4, -0.2) is 11.5 Å². The molecule has 3 N–H and O–H groups in total. The van der Waals surface area contributed by atoms with Crippen LogP contribution in [0, 0.1) is 23.5 Å². The quantitative estimate of drug-likeness (QED) is 0.830. The van der Waals surface area contributed by atoms with Crippen molar-refractivity contribution in [3.63, 3.8) is 0 Å². The highest BCUT2D eigenvalue weighted by Gasteiger charge is 2.19. The van der Waals surface area contributed by atoms with E-state index >= 15 is 0 Å². The van der Waals surface area contributed by atoms with Crippen molar-refractivity contribution in [2.24, 2.45) is 17.6 Å². The molecule has 1 aliphatic rings. The van der Waals surface area contributed by atoms with E-state index in [4.69, 9.17) is 5.73 Å². The third-order valence-corrected chi connectivity index (χ3v) is 4.28. The second kappa shape index (κ2) is 6.48. The molecule has 0 unspecified atom stereocenters. The molecule has 0 saturated heterocycles. The molecule has 0 heterocycles. The molecule has 0 atom stereocenters. The minimum Gasteiger partial charge on any atom is -0.389 e. The van der Waals surface area contributed by atoms with Crippen molar-refractivity contribution in [1.29, 1.82) is 0 Å². The third kappa shape index (κ3) is 3.45. The number of rotatable bonds is 4. The molecule has 0 amide bonds. The van der Waals surface area contributed by atoms with E-state index in [-0.39, 0.29) is 16.2 Å². The molecule has 2 rings (SSSR count). The van der Waals surface area contributed by atoms with Gasteiger partial charge in [0.25, 0.3) is 0 Å². The van der Waals surface area contributed by atoms with Gasteiger partial charge in [-0.3, -0.25) is 0 Å². The van der Waals surface area contributed by atoms with Crippen molar-refractivity contribution in [3.05, 3.63) is 29.3 Å². The Balaban J connectivity index is 2.00. The van der Waals surface area contributed by atoms with Crippen LogP contribution in [0.25, 0.3) is 0 Å². The van der Waals surface area contributed by atoms with E-state index in [0.29, 0.717) is 12.5 Å². The van der Waals surface area contributed by atoms with Crippen molar-refractivity contribution in [1.82, 2.24) is 0 Å². The SMILES string of the molecule is CC1CCC(CNc2ccc(C(N)=S)c(F)c2F)CC1. The molecule has 20 heavy (non-hydrogen) atoms. The standard InChI is InChI=1S/C15H20F2N2S/c1-9-2-4-10(5-3-9)8-19-12-7-6-11(15(18)20)13(16)14(12)17/h6-7,9-10,19H,2-5,8H2,1H3,(H2,18,20). The highest BCUT2D eigenvalue weighted by molar-refractivity contribution is 7.80. The molecule has 0 aromatic heterocycles. The van der Waals surface area contributed by atoms with Crippen LogP contribution in [0.1, 0.15) is 38.2 Å². The Morgan fingerprint density at radius 2 is 1.90 bits per heavy atom. The molecular weight excluding hydrogens is 278 g/mol. The fourth-order valence-corrected chi connectivity index (χ4v) is 2.82. The van der Waals surface area contributed by atoms with Crippen LogP contribution in [0.3, 0.4) is 0 Å². The molecule has 0 radical (unpaired) electrons. The predicted molar refractivity (Wildman–Crippen MR) is 81.9 cm³/mol. The molecule has 110 valence electrons. The van der Waals surface area contributed by atoms with Crippen LogP contribution in [-0.2, 0) is 0 Å². The van der Waals surface area contributed by atoms with E-state index < -0.39 is 11.6 Å². The summed E-state index contributed by atoms with van der Waals surface area (Å²) in [5.74, 6) is -0.562. The molecule has 1 aliphatic carbocycles. The van der Waals surface area contributed by atoms with Crippen molar-refractivity contribution in [3.8, 4) is 0 Å². The average molecular weight is 298 g/mol. The van der Waals surface area contributed by atoms with Gasteiger partial charge in [-0.1, -0.05) is 32.0 Å². The minimum absolute atomic E-state index is 0.0467. The molecular formula is C15H20F2N2S. The second-order valence-electron chi connectivity index (χ2n) is 5.66. The van der Waals surface area contributed by atoms with Crippen LogP contribution in [0.15, 0.2) is 12.1 Å². The van der Waals surface area contributed by atoms with E-state index in [2.05, 4.69) is 24.5 Å². The smallest absolute Gasteiger partial charge is 0.182 e. The number of benzene rings is 1. The zero-order valence-corrected chi connectivity index (χ0v) is 12.4. The van der Waals surface area contributed by atoms with E-state index in [1.165, 1.54) is 25.0 Å². The maximum atomic E-state index is 13.9. The number of nitrogens with one attached hydrogen (secondary N) is 1. The Morgan fingerprint density at radius 1 is 1.25 bits per heavy atom. The third-order valence-electron chi connectivity index (χ3n) is 4.06. The van der Waals surface area contributed by atoms with Crippen LogP contribution in [0.2, 0.25) is 0 Å². The molecule has 1 saturated carbocycles. The first kappa shape index (κ1) is 15.2. The van der Waals surface area contributed by atoms with Gasteiger partial charge in [0.1, 0.15) is 4.99 Å². The molecule has 1 fully saturated rings. The summed E-state index contributed by atoms with van der Waals surface area (Å²) in [6, 6.07) is 2.92. The van der Waals surface area contributed by atoms with Gasteiger partial charge >= 0.3 is 0 Å². The fourth-order valence-electron chi connectivity index (χ4n) is 2.66. The first-order chi connectivity index (χ1) is 9.49. The van der Waals surface area contributed by atoms with E-state index in [0.717, 1.165) is 18.8 Å². The number of halogens is 2. The highest BCUT2D eigenvalue weighted by Crippen LogP contribution is 2.29. The molecule has 0 aliphatic heterocycles. The van der Waals surface area contributed by atoms with Crippen molar-refractivity contribution >= 4 is 22.9 Å². The van der Waals surface area contributed by atoms with E-state index in [1.54, 1.807) is 0 Å². The Labute approximate surface area is 123 Å². The van der Waals surface area contributed by atoms with Gasteiger partial charge in [-0.05, 0) is 36.8 Å². The van der Waals surface area contributed by atoms with Crippen LogP contribution in [0.5, 0.6) is 0 Å². The van der Waals surface area contributed by atoms with Crippen molar-refractivity contribution in [2.45, 2.75) is 32.6 Å². The number of thiocarbonyl (C=S) groups is 1. The molecule has 1 aromatic rings. The van der Waals surface area contributed by atoms with Crippen LogP contribution in [0.4, 0.5) is 14.5 Å². The Kier molecular flexibility index (Phi) is 4.91. The van der Waals surface area contributed by atoms with Gasteiger partial charge in [-0.25, -0.2) is 8.78 Å². The van der Waals surface area contributed by atoms with Gasteiger partial charge in [0.05, 0.1) is 5.69 Å². The van der Waals surface area contributed by atoms with Gasteiger partial charge in [0, 0.05) is 12.1 Å². The van der Waals surface area contributed by atoms with Gasteiger partial charge in [-0.2, -0.15) is 0 Å². The van der Waals surface area contributed by atoms with Gasteiger partial charge in [0.15, 0.2) is 11.6 Å². The summed E-state index contributed by atoms with van der Waals surface area (Å²) < 4.78 is 27.6. The minimum atomic E-state index is -0.972. The van der Waals surface area contributed by atoms with Crippen molar-refractivity contribution < 1.29 is 8.78 Å². The number of hydrogen-bond donors (Lipinski definition) is 2. The highest BCUT2D eigenvalue weighted by atomic mass is 32.1. The summed E-state index contributed by atoms with van der Waals surface area (Å²) >= 11 is 4.68. The maximum Gasteiger partial charge on any atom is 0.182 e. The predicted octanol–water partition coefficient (Wildman–Crippen LogP) is 3.84. The first-order valence-corrected chi connectivity index (χ1v) is 7.41. The summed E-state index contributed by atoms with van der Waals surface area (Å²) in [5.41, 5.74) is 5.48. The summed E-state index contributed by atoms with van der Waals surface area (Å²) in [4.78, 5) is -0.130.